The minimum absolute atomic E-state index is 0.0144. The summed E-state index contributed by atoms with van der Waals surface area (Å²) in [6, 6.07) is 21.2. The van der Waals surface area contributed by atoms with Gasteiger partial charge in [0.2, 0.25) is 5.43 Å². The molecule has 52 heavy (non-hydrogen) atoms. The number of rotatable bonds is 20. The van der Waals surface area contributed by atoms with E-state index in [0.717, 1.165) is 41.8 Å². The van der Waals surface area contributed by atoms with E-state index in [0.29, 0.717) is 49.8 Å². The Morgan fingerprint density at radius 3 is 2.27 bits per heavy atom. The number of fused-ring (bicyclic) bond motifs is 1. The number of carbonyl (C=O) groups is 2. The Morgan fingerprint density at radius 1 is 0.885 bits per heavy atom. The maximum atomic E-state index is 13.3. The Labute approximate surface area is 303 Å². The quantitative estimate of drug-likeness (QED) is 0.0595. The second-order valence-corrected chi connectivity index (χ2v) is 12.3. The molecule has 0 spiro atoms. The molecular weight excluding hydrogens is 662 g/mol. The van der Waals surface area contributed by atoms with E-state index in [-0.39, 0.29) is 17.5 Å². The molecule has 1 amide bonds. The van der Waals surface area contributed by atoms with E-state index in [9.17, 15) is 14.4 Å². The number of imidazole rings is 1. The van der Waals surface area contributed by atoms with Gasteiger partial charge in [-0.2, -0.15) is 0 Å². The van der Waals surface area contributed by atoms with Gasteiger partial charge in [-0.15, -0.1) is 0 Å². The number of nitrogens with zero attached hydrogens (tertiary/aromatic N) is 2. The van der Waals surface area contributed by atoms with Crippen LogP contribution in [0.25, 0.3) is 22.0 Å². The first-order valence-corrected chi connectivity index (χ1v) is 17.3. The summed E-state index contributed by atoms with van der Waals surface area (Å²) in [6.45, 7) is 4.43. The third kappa shape index (κ3) is 10.6. The predicted octanol–water partition coefficient (Wildman–Crippen LogP) is 3.74. The van der Waals surface area contributed by atoms with Gasteiger partial charge in [0.05, 0.1) is 25.8 Å². The Kier molecular flexibility index (Phi) is 14.1. The van der Waals surface area contributed by atoms with Crippen LogP contribution in [0, 0.1) is 0 Å². The molecule has 2 aromatic heterocycles. The number of methoxy groups -OCH3 is 2. The van der Waals surface area contributed by atoms with Gasteiger partial charge in [0.1, 0.15) is 11.6 Å². The number of anilines is 1. The van der Waals surface area contributed by atoms with Crippen LogP contribution < -0.4 is 26.7 Å². The molecule has 0 saturated carbocycles. The van der Waals surface area contributed by atoms with Crippen LogP contribution in [-0.4, -0.2) is 79.6 Å². The van der Waals surface area contributed by atoms with E-state index in [1.807, 2.05) is 36.4 Å². The lowest BCUT2D eigenvalue weighted by Gasteiger charge is -2.18. The summed E-state index contributed by atoms with van der Waals surface area (Å²) in [4.78, 5) is 46.3. The summed E-state index contributed by atoms with van der Waals surface area (Å²) >= 11 is 0. The second kappa shape index (κ2) is 19.3. The third-order valence-electron chi connectivity index (χ3n) is 8.61. The molecule has 5 N–H and O–H groups in total. The van der Waals surface area contributed by atoms with E-state index in [1.54, 1.807) is 37.2 Å². The first-order chi connectivity index (χ1) is 25.4. The minimum Gasteiger partial charge on any atom is -0.468 e. The molecule has 13 nitrogen and oxygen atoms in total. The van der Waals surface area contributed by atoms with Crippen LogP contribution in [0.5, 0.6) is 0 Å². The molecule has 13 heteroatoms. The van der Waals surface area contributed by atoms with Crippen molar-refractivity contribution in [2.45, 2.75) is 32.1 Å². The number of benzene rings is 3. The smallest absolute Gasteiger partial charge is 0.324 e. The highest BCUT2D eigenvalue weighted by atomic mass is 16.5. The van der Waals surface area contributed by atoms with Gasteiger partial charge in [0, 0.05) is 70.9 Å². The SMILES string of the molecule is COCCOCCCNCc1ccc(-c2ccc(CNC(CNC(=O)c3cn(C)c4cc(CNc5ncc[nH]5)ccc4c3=O)C(=O)OC)cc2)cc1. The molecular formula is C39H47N7O6. The van der Waals surface area contributed by atoms with Crippen LogP contribution in [-0.2, 0) is 45.7 Å². The monoisotopic (exact) mass is 709 g/mol. The van der Waals surface area contributed by atoms with Gasteiger partial charge in [-0.25, -0.2) is 4.98 Å². The fraction of sp³-hybridized carbons (Fsp3) is 0.333. The van der Waals surface area contributed by atoms with E-state index < -0.39 is 17.9 Å². The lowest BCUT2D eigenvalue weighted by atomic mass is 10.0. The Balaban J connectivity index is 1.12. The Bertz CT molecular complexity index is 1940. The largest absolute Gasteiger partial charge is 0.468 e. The van der Waals surface area contributed by atoms with Crippen molar-refractivity contribution in [2.24, 2.45) is 7.05 Å². The lowest BCUT2D eigenvalue weighted by Crippen LogP contribution is -2.47. The summed E-state index contributed by atoms with van der Waals surface area (Å²) in [6.07, 6.45) is 5.85. The molecule has 274 valence electrons. The molecule has 3 aromatic carbocycles. The summed E-state index contributed by atoms with van der Waals surface area (Å²) in [7, 11) is 4.75. The number of pyridine rings is 1. The molecule has 0 aliphatic rings. The fourth-order valence-corrected chi connectivity index (χ4v) is 5.67. The molecule has 0 saturated heterocycles. The maximum absolute atomic E-state index is 13.3. The highest BCUT2D eigenvalue weighted by molar-refractivity contribution is 5.97. The van der Waals surface area contributed by atoms with Crippen molar-refractivity contribution >= 4 is 28.7 Å². The lowest BCUT2D eigenvalue weighted by molar-refractivity contribution is -0.143. The first-order valence-electron chi connectivity index (χ1n) is 17.3. The zero-order valence-corrected chi connectivity index (χ0v) is 29.9. The van der Waals surface area contributed by atoms with Crippen molar-refractivity contribution in [3.05, 3.63) is 118 Å². The van der Waals surface area contributed by atoms with Gasteiger partial charge in [-0.3, -0.25) is 19.7 Å². The zero-order valence-electron chi connectivity index (χ0n) is 29.9. The number of H-pyrrole nitrogens is 1. The topological polar surface area (TPSA) is 161 Å². The first kappa shape index (κ1) is 37.9. The van der Waals surface area contributed by atoms with Crippen LogP contribution in [0.3, 0.4) is 0 Å². The molecule has 5 rings (SSSR count). The van der Waals surface area contributed by atoms with Crippen LogP contribution in [0.4, 0.5) is 5.95 Å². The number of ether oxygens (including phenoxy) is 3. The Morgan fingerprint density at radius 2 is 1.60 bits per heavy atom. The third-order valence-corrected chi connectivity index (χ3v) is 8.61. The number of hydrogen-bond acceptors (Lipinski definition) is 10. The number of hydrogen-bond donors (Lipinski definition) is 5. The van der Waals surface area contributed by atoms with Gasteiger partial charge in [0.15, 0.2) is 5.95 Å². The van der Waals surface area contributed by atoms with Gasteiger partial charge >= 0.3 is 5.97 Å². The van der Waals surface area contributed by atoms with Crippen molar-refractivity contribution in [1.82, 2.24) is 30.5 Å². The number of nitrogens with one attached hydrogen (secondary N) is 5. The average molecular weight is 710 g/mol. The van der Waals surface area contributed by atoms with E-state index in [1.165, 1.54) is 18.9 Å². The number of carbonyl (C=O) groups excluding carboxylic acids is 2. The number of amides is 1. The molecule has 0 fully saturated rings. The van der Waals surface area contributed by atoms with E-state index >= 15 is 0 Å². The molecule has 1 atom stereocenters. The summed E-state index contributed by atoms with van der Waals surface area (Å²) in [5.74, 6) is -0.451. The summed E-state index contributed by atoms with van der Waals surface area (Å²) < 4.78 is 17.2. The van der Waals surface area contributed by atoms with Gasteiger partial charge < -0.3 is 39.7 Å². The molecule has 2 heterocycles. The fourth-order valence-electron chi connectivity index (χ4n) is 5.67. The number of aromatic nitrogens is 3. The number of esters is 1. The number of aromatic amines is 1. The molecule has 0 aliphatic heterocycles. The second-order valence-electron chi connectivity index (χ2n) is 12.3. The van der Waals surface area contributed by atoms with Crippen LogP contribution in [0.1, 0.15) is 33.5 Å². The van der Waals surface area contributed by atoms with Crippen LogP contribution in [0.15, 0.2) is 90.1 Å². The molecule has 0 aliphatic carbocycles. The van der Waals surface area contributed by atoms with Crippen molar-refractivity contribution in [2.75, 3.05) is 52.4 Å². The average Bonchev–Trinajstić information content (AvgIpc) is 3.70. The van der Waals surface area contributed by atoms with Crippen molar-refractivity contribution in [1.29, 1.82) is 0 Å². The molecule has 1 unspecified atom stereocenters. The Hall–Kier alpha value is -5.34. The highest BCUT2D eigenvalue weighted by Crippen LogP contribution is 2.21. The van der Waals surface area contributed by atoms with Crippen LogP contribution >= 0.6 is 0 Å². The number of aryl methyl sites for hydroxylation is 1. The van der Waals surface area contributed by atoms with Gasteiger partial charge in [-0.1, -0.05) is 54.6 Å². The van der Waals surface area contributed by atoms with Crippen molar-refractivity contribution in [3.8, 4) is 11.1 Å². The van der Waals surface area contributed by atoms with E-state index in [4.69, 9.17) is 14.2 Å². The van der Waals surface area contributed by atoms with Crippen molar-refractivity contribution in [3.63, 3.8) is 0 Å². The van der Waals surface area contributed by atoms with Gasteiger partial charge in [0.25, 0.3) is 5.91 Å². The minimum atomic E-state index is -0.827. The predicted molar refractivity (Wildman–Crippen MR) is 201 cm³/mol. The highest BCUT2D eigenvalue weighted by Gasteiger charge is 2.22. The maximum Gasteiger partial charge on any atom is 0.324 e. The zero-order chi connectivity index (χ0) is 36.7. The molecule has 5 aromatic rings. The molecule has 0 bridgehead atoms. The summed E-state index contributed by atoms with van der Waals surface area (Å²) in [5, 5.41) is 13.0. The summed E-state index contributed by atoms with van der Waals surface area (Å²) in [5.41, 5.74) is 5.58. The standard InChI is InChI=1S/C39H47N7O6/c1-46-26-33(36(47)32-14-9-29(21-35(32)46)24-45-39-41-16-17-42-39)37(48)44-25-34(38(49)51-3)43-23-28-7-12-31(13-8-28)30-10-5-27(6-11-30)22-40-15-4-18-52-20-19-50-2/h5-14,16-17,21,26,34,40,43H,4,15,18-20,22-25H2,1-3H3,(H,44,48)(H2,41,42,45). The van der Waals surface area contributed by atoms with Crippen LogP contribution in [0.2, 0.25) is 0 Å². The van der Waals surface area contributed by atoms with E-state index in [2.05, 4.69) is 55.5 Å². The normalized spacial score (nSPS) is 11.8. The molecule has 0 radical (unpaired) electrons. The van der Waals surface area contributed by atoms with Gasteiger partial charge in [-0.05, 0) is 52.9 Å². The van der Waals surface area contributed by atoms with Crippen molar-refractivity contribution < 1.29 is 23.8 Å².